The van der Waals surface area contributed by atoms with Crippen LogP contribution in [0.3, 0.4) is 0 Å². The normalized spacial score (nSPS) is 13.8. The van der Waals surface area contributed by atoms with Crippen LogP contribution in [0.5, 0.6) is 0 Å². The summed E-state index contributed by atoms with van der Waals surface area (Å²) >= 11 is 0. The van der Waals surface area contributed by atoms with Gasteiger partial charge in [0.25, 0.3) is 0 Å². The van der Waals surface area contributed by atoms with Crippen LogP contribution in [0.1, 0.15) is 25.5 Å². The van der Waals surface area contributed by atoms with E-state index in [1.165, 1.54) is 0 Å². The number of pyridine rings is 2. The first-order valence-electron chi connectivity index (χ1n) is 7.24. The number of nitrogens with zero attached hydrogens (tertiary/aromatic N) is 2. The Morgan fingerprint density at radius 1 is 1.29 bits per heavy atom. The Balaban J connectivity index is 1.81. The van der Waals surface area contributed by atoms with Gasteiger partial charge < -0.3 is 0 Å². The van der Waals surface area contributed by atoms with E-state index in [-0.39, 0.29) is 11.8 Å². The lowest BCUT2D eigenvalue weighted by Crippen LogP contribution is -2.30. The van der Waals surface area contributed by atoms with Gasteiger partial charge in [-0.1, -0.05) is 13.0 Å². The first-order valence-corrected chi connectivity index (χ1v) is 7.24. The molecule has 5 nitrogen and oxygen atoms in total. The Kier molecular flexibility index (Phi) is 3.81. The van der Waals surface area contributed by atoms with Gasteiger partial charge in [0.15, 0.2) is 0 Å². The van der Waals surface area contributed by atoms with Gasteiger partial charge in [0, 0.05) is 17.8 Å². The number of carbonyl (C=O) groups is 1. The van der Waals surface area contributed by atoms with E-state index < -0.39 is 0 Å². The molecular weight excluding hydrogens is 264 g/mol. The zero-order valence-corrected chi connectivity index (χ0v) is 12.0. The number of aromatic nitrogens is 2. The lowest BCUT2D eigenvalue weighted by molar-refractivity contribution is -0.121. The van der Waals surface area contributed by atoms with Gasteiger partial charge in [-0.3, -0.25) is 25.6 Å². The third-order valence-electron chi connectivity index (χ3n) is 3.45. The summed E-state index contributed by atoms with van der Waals surface area (Å²) in [5, 5.41) is 0. The molecule has 2 aromatic rings. The molecule has 0 aliphatic heterocycles. The van der Waals surface area contributed by atoms with Gasteiger partial charge in [-0.25, -0.2) is 0 Å². The molecule has 2 heterocycles. The highest BCUT2D eigenvalue weighted by atomic mass is 16.2. The molecule has 2 aromatic heterocycles. The molecule has 0 atom stereocenters. The number of aryl methyl sites for hydroxylation is 1. The van der Waals surface area contributed by atoms with Crippen LogP contribution in [0.2, 0.25) is 0 Å². The van der Waals surface area contributed by atoms with Crippen LogP contribution >= 0.6 is 0 Å². The largest absolute Gasteiger partial charge is 0.298 e. The second-order valence-electron chi connectivity index (χ2n) is 5.19. The molecule has 0 aromatic carbocycles. The monoisotopic (exact) mass is 282 g/mol. The number of hydrogen-bond acceptors (Lipinski definition) is 4. The predicted octanol–water partition coefficient (Wildman–Crippen LogP) is 2.56. The van der Waals surface area contributed by atoms with Crippen molar-refractivity contribution in [3.8, 4) is 11.4 Å². The van der Waals surface area contributed by atoms with Crippen molar-refractivity contribution >= 4 is 11.6 Å². The molecule has 1 saturated carbocycles. The Hall–Kier alpha value is -2.43. The van der Waals surface area contributed by atoms with Gasteiger partial charge in [0.2, 0.25) is 5.91 Å². The van der Waals surface area contributed by atoms with Gasteiger partial charge in [0.1, 0.15) is 0 Å². The summed E-state index contributed by atoms with van der Waals surface area (Å²) in [5.41, 5.74) is 9.15. The van der Waals surface area contributed by atoms with Crippen molar-refractivity contribution in [2.75, 3.05) is 5.43 Å². The summed E-state index contributed by atoms with van der Waals surface area (Å²) in [6, 6.07) is 9.58. The number of hydrazine groups is 1. The molecule has 2 N–H and O–H groups in total. The molecule has 108 valence electrons. The van der Waals surface area contributed by atoms with Crippen molar-refractivity contribution in [1.29, 1.82) is 0 Å². The van der Waals surface area contributed by atoms with Gasteiger partial charge >= 0.3 is 0 Å². The zero-order chi connectivity index (χ0) is 14.7. The van der Waals surface area contributed by atoms with Gasteiger partial charge in [-0.2, -0.15) is 0 Å². The first-order chi connectivity index (χ1) is 10.3. The number of anilines is 1. The summed E-state index contributed by atoms with van der Waals surface area (Å²) in [6.07, 6.45) is 4.55. The maximum Gasteiger partial charge on any atom is 0.241 e. The zero-order valence-electron chi connectivity index (χ0n) is 12.0. The van der Waals surface area contributed by atoms with Crippen molar-refractivity contribution in [2.24, 2.45) is 5.92 Å². The molecule has 21 heavy (non-hydrogen) atoms. The van der Waals surface area contributed by atoms with Crippen molar-refractivity contribution in [3.63, 3.8) is 0 Å². The summed E-state index contributed by atoms with van der Waals surface area (Å²) in [5.74, 6) is 0.240. The molecule has 3 rings (SSSR count). The maximum absolute atomic E-state index is 11.7. The van der Waals surface area contributed by atoms with E-state index in [1.807, 2.05) is 30.3 Å². The lowest BCUT2D eigenvalue weighted by atomic mass is 10.2. The van der Waals surface area contributed by atoms with Crippen LogP contribution in [0.4, 0.5) is 5.69 Å². The minimum atomic E-state index is 0.0595. The first kappa shape index (κ1) is 13.5. The summed E-state index contributed by atoms with van der Waals surface area (Å²) in [7, 11) is 0. The lowest BCUT2D eigenvalue weighted by Gasteiger charge is -2.11. The molecule has 0 saturated heterocycles. The van der Waals surface area contributed by atoms with E-state index in [0.717, 1.165) is 42.0 Å². The number of rotatable bonds is 5. The Labute approximate surface area is 123 Å². The van der Waals surface area contributed by atoms with E-state index in [4.69, 9.17) is 0 Å². The van der Waals surface area contributed by atoms with Crippen LogP contribution in [-0.2, 0) is 11.2 Å². The van der Waals surface area contributed by atoms with Gasteiger partial charge in [-0.05, 0) is 43.5 Å². The standard InChI is InChI=1S/C16H18N4O/c1-2-12-9-13(19-20-16(21)11-6-7-11)10-15(18-12)14-5-3-4-8-17-14/h3-5,8-11H,2,6-7H2,1H3,(H,18,19)(H,20,21). The molecule has 1 amide bonds. The number of carbonyl (C=O) groups excluding carboxylic acids is 1. The maximum atomic E-state index is 11.7. The average Bonchev–Trinajstić information content (AvgIpc) is 3.38. The smallest absolute Gasteiger partial charge is 0.241 e. The highest BCUT2D eigenvalue weighted by molar-refractivity contribution is 5.82. The van der Waals surface area contributed by atoms with Crippen molar-refractivity contribution < 1.29 is 4.79 Å². The molecule has 0 unspecified atom stereocenters. The van der Waals surface area contributed by atoms with Crippen LogP contribution in [-0.4, -0.2) is 15.9 Å². The van der Waals surface area contributed by atoms with Crippen molar-refractivity contribution in [2.45, 2.75) is 26.2 Å². The molecule has 1 fully saturated rings. The molecular formula is C16H18N4O. The molecule has 0 spiro atoms. The summed E-state index contributed by atoms with van der Waals surface area (Å²) in [4.78, 5) is 20.6. The minimum absolute atomic E-state index is 0.0595. The second-order valence-corrected chi connectivity index (χ2v) is 5.19. The van der Waals surface area contributed by atoms with Crippen LogP contribution in [0.25, 0.3) is 11.4 Å². The van der Waals surface area contributed by atoms with Crippen molar-refractivity contribution in [3.05, 3.63) is 42.2 Å². The van der Waals surface area contributed by atoms with E-state index in [0.29, 0.717) is 0 Å². The summed E-state index contributed by atoms with van der Waals surface area (Å²) < 4.78 is 0. The van der Waals surface area contributed by atoms with Crippen LogP contribution in [0, 0.1) is 5.92 Å². The average molecular weight is 282 g/mol. The summed E-state index contributed by atoms with van der Waals surface area (Å²) in [6.45, 7) is 2.05. The predicted molar refractivity (Wildman–Crippen MR) is 81.3 cm³/mol. The van der Waals surface area contributed by atoms with Crippen LogP contribution < -0.4 is 10.9 Å². The van der Waals surface area contributed by atoms with Crippen LogP contribution in [0.15, 0.2) is 36.5 Å². The van der Waals surface area contributed by atoms with E-state index in [2.05, 4.69) is 27.7 Å². The fourth-order valence-electron chi connectivity index (χ4n) is 2.07. The SMILES string of the molecule is CCc1cc(NNC(=O)C2CC2)cc(-c2ccccn2)n1. The molecule has 1 aliphatic rings. The quantitative estimate of drug-likeness (QED) is 0.827. The van der Waals surface area contributed by atoms with Gasteiger partial charge in [0.05, 0.1) is 17.1 Å². The Bertz CT molecular complexity index is 638. The molecule has 0 radical (unpaired) electrons. The van der Waals surface area contributed by atoms with Gasteiger partial charge in [-0.15, -0.1) is 0 Å². The fraction of sp³-hybridized carbons (Fsp3) is 0.312. The molecule has 5 heteroatoms. The molecule has 1 aliphatic carbocycles. The highest BCUT2D eigenvalue weighted by Gasteiger charge is 2.29. The highest BCUT2D eigenvalue weighted by Crippen LogP contribution is 2.28. The van der Waals surface area contributed by atoms with E-state index in [1.54, 1.807) is 6.20 Å². The third kappa shape index (κ3) is 3.37. The fourth-order valence-corrected chi connectivity index (χ4v) is 2.07. The van der Waals surface area contributed by atoms with E-state index >= 15 is 0 Å². The molecule has 0 bridgehead atoms. The number of hydrogen-bond donors (Lipinski definition) is 2. The van der Waals surface area contributed by atoms with E-state index in [9.17, 15) is 4.79 Å². The Morgan fingerprint density at radius 3 is 2.81 bits per heavy atom. The Morgan fingerprint density at radius 2 is 2.14 bits per heavy atom. The third-order valence-corrected chi connectivity index (χ3v) is 3.45. The second kappa shape index (κ2) is 5.91. The van der Waals surface area contributed by atoms with Crippen molar-refractivity contribution in [1.82, 2.24) is 15.4 Å². The minimum Gasteiger partial charge on any atom is -0.298 e. The number of nitrogens with one attached hydrogen (secondary N) is 2. The topological polar surface area (TPSA) is 66.9 Å². The number of amides is 1.